The Bertz CT molecular complexity index is 790. The van der Waals surface area contributed by atoms with E-state index in [0.29, 0.717) is 18.0 Å². The highest BCUT2D eigenvalue weighted by molar-refractivity contribution is 7.15. The molecule has 0 bridgehead atoms. The molecule has 108 valence electrons. The van der Waals surface area contributed by atoms with Crippen molar-refractivity contribution in [3.05, 3.63) is 46.9 Å². The second-order valence-electron chi connectivity index (χ2n) is 4.90. The van der Waals surface area contributed by atoms with Crippen LogP contribution in [-0.2, 0) is 11.2 Å². The van der Waals surface area contributed by atoms with E-state index in [1.165, 1.54) is 11.3 Å². The second kappa shape index (κ2) is 5.65. The van der Waals surface area contributed by atoms with Gasteiger partial charge in [0, 0.05) is 29.4 Å². The molecule has 1 N–H and O–H groups in total. The molecule has 0 atom stereocenters. The number of anilines is 1. The third kappa shape index (κ3) is 2.95. The SMILES string of the molecule is Cc1cnc(NC(=O)CCc2c(C)nc3ccccn23)s1. The maximum absolute atomic E-state index is 12.0. The van der Waals surface area contributed by atoms with E-state index in [1.807, 2.05) is 42.6 Å². The van der Waals surface area contributed by atoms with Crippen molar-refractivity contribution < 1.29 is 4.79 Å². The van der Waals surface area contributed by atoms with Gasteiger partial charge >= 0.3 is 0 Å². The fraction of sp³-hybridized carbons (Fsp3) is 0.267. The summed E-state index contributed by atoms with van der Waals surface area (Å²) in [4.78, 5) is 21.7. The smallest absolute Gasteiger partial charge is 0.226 e. The molecule has 3 aromatic rings. The molecular weight excluding hydrogens is 284 g/mol. The lowest BCUT2D eigenvalue weighted by Gasteiger charge is -2.03. The fourth-order valence-corrected chi connectivity index (χ4v) is 2.97. The molecule has 0 aliphatic heterocycles. The van der Waals surface area contributed by atoms with E-state index in [4.69, 9.17) is 0 Å². The van der Waals surface area contributed by atoms with Crippen LogP contribution in [0.15, 0.2) is 30.6 Å². The molecular formula is C15H16N4OS. The summed E-state index contributed by atoms with van der Waals surface area (Å²) in [5, 5.41) is 3.49. The summed E-state index contributed by atoms with van der Waals surface area (Å²) in [5.74, 6) is -0.0189. The molecule has 0 aliphatic carbocycles. The maximum Gasteiger partial charge on any atom is 0.226 e. The van der Waals surface area contributed by atoms with Gasteiger partial charge in [-0.25, -0.2) is 9.97 Å². The molecule has 0 radical (unpaired) electrons. The number of hydrogen-bond donors (Lipinski definition) is 1. The number of aryl methyl sites for hydroxylation is 3. The number of rotatable bonds is 4. The number of amides is 1. The molecule has 5 nitrogen and oxygen atoms in total. The van der Waals surface area contributed by atoms with Gasteiger partial charge in [0.15, 0.2) is 5.13 Å². The first kappa shape index (κ1) is 13.8. The maximum atomic E-state index is 12.0. The van der Waals surface area contributed by atoms with Crippen LogP contribution in [0.2, 0.25) is 0 Å². The minimum absolute atomic E-state index is 0.0189. The highest BCUT2D eigenvalue weighted by Crippen LogP contribution is 2.18. The molecule has 0 fully saturated rings. The van der Waals surface area contributed by atoms with Crippen molar-refractivity contribution in [1.29, 1.82) is 0 Å². The molecule has 3 heterocycles. The molecule has 0 saturated heterocycles. The van der Waals surface area contributed by atoms with Gasteiger partial charge in [0.05, 0.1) is 5.69 Å². The monoisotopic (exact) mass is 300 g/mol. The summed E-state index contributed by atoms with van der Waals surface area (Å²) in [7, 11) is 0. The van der Waals surface area contributed by atoms with Gasteiger partial charge in [0.2, 0.25) is 5.91 Å². The Balaban J connectivity index is 1.69. The largest absolute Gasteiger partial charge is 0.304 e. The van der Waals surface area contributed by atoms with Crippen molar-refractivity contribution in [2.75, 3.05) is 5.32 Å². The van der Waals surface area contributed by atoms with Crippen LogP contribution in [0.5, 0.6) is 0 Å². The van der Waals surface area contributed by atoms with Crippen molar-refractivity contribution in [1.82, 2.24) is 14.4 Å². The molecule has 0 aromatic carbocycles. The minimum Gasteiger partial charge on any atom is -0.304 e. The van der Waals surface area contributed by atoms with E-state index in [1.54, 1.807) is 6.20 Å². The van der Waals surface area contributed by atoms with E-state index < -0.39 is 0 Å². The second-order valence-corrected chi connectivity index (χ2v) is 6.13. The number of carbonyl (C=O) groups excluding carboxylic acids is 1. The Morgan fingerprint density at radius 1 is 1.38 bits per heavy atom. The van der Waals surface area contributed by atoms with Gasteiger partial charge in [0.25, 0.3) is 0 Å². The molecule has 0 aliphatic rings. The van der Waals surface area contributed by atoms with Crippen molar-refractivity contribution in [2.45, 2.75) is 26.7 Å². The van der Waals surface area contributed by atoms with Crippen molar-refractivity contribution >= 4 is 28.0 Å². The molecule has 21 heavy (non-hydrogen) atoms. The molecule has 3 aromatic heterocycles. The molecule has 1 amide bonds. The Kier molecular flexibility index (Phi) is 3.70. The molecule has 3 rings (SSSR count). The van der Waals surface area contributed by atoms with Gasteiger partial charge in [-0.05, 0) is 32.4 Å². The third-order valence-corrected chi connectivity index (χ3v) is 4.11. The van der Waals surface area contributed by atoms with Crippen LogP contribution in [0, 0.1) is 13.8 Å². The number of nitrogens with zero attached hydrogens (tertiary/aromatic N) is 3. The van der Waals surface area contributed by atoms with Crippen LogP contribution in [0.3, 0.4) is 0 Å². The predicted octanol–water partition coefficient (Wildman–Crippen LogP) is 2.98. The Morgan fingerprint density at radius 2 is 2.24 bits per heavy atom. The zero-order valence-corrected chi connectivity index (χ0v) is 12.8. The van der Waals surface area contributed by atoms with E-state index in [9.17, 15) is 4.79 Å². The number of hydrogen-bond acceptors (Lipinski definition) is 4. The third-order valence-electron chi connectivity index (χ3n) is 3.29. The molecule has 6 heteroatoms. The first-order chi connectivity index (χ1) is 10.1. The lowest BCUT2D eigenvalue weighted by Crippen LogP contribution is -2.12. The number of pyridine rings is 1. The fourth-order valence-electron chi connectivity index (χ4n) is 2.29. The van der Waals surface area contributed by atoms with Crippen molar-refractivity contribution in [3.8, 4) is 0 Å². The standard InChI is InChI=1S/C15H16N4OS/c1-10-9-16-15(21-10)18-14(20)7-6-12-11(2)17-13-5-3-4-8-19(12)13/h3-5,8-9H,6-7H2,1-2H3,(H,16,18,20). The van der Waals surface area contributed by atoms with Crippen molar-refractivity contribution in [2.24, 2.45) is 0 Å². The van der Waals surface area contributed by atoms with E-state index in [0.717, 1.165) is 21.9 Å². The van der Waals surface area contributed by atoms with E-state index in [-0.39, 0.29) is 5.91 Å². The number of imidazole rings is 1. The summed E-state index contributed by atoms with van der Waals surface area (Å²) in [6.45, 7) is 3.94. The molecule has 0 spiro atoms. The average Bonchev–Trinajstić information content (AvgIpc) is 2.99. The predicted molar refractivity (Wildman–Crippen MR) is 83.7 cm³/mol. The average molecular weight is 300 g/mol. The number of aromatic nitrogens is 3. The number of nitrogens with one attached hydrogen (secondary N) is 1. The number of fused-ring (bicyclic) bond motifs is 1. The van der Waals surface area contributed by atoms with Gasteiger partial charge in [-0.3, -0.25) is 4.79 Å². The normalized spacial score (nSPS) is 11.0. The zero-order valence-electron chi connectivity index (χ0n) is 12.0. The number of thiazole rings is 1. The Morgan fingerprint density at radius 3 is 3.00 bits per heavy atom. The van der Waals surface area contributed by atoms with Crippen molar-refractivity contribution in [3.63, 3.8) is 0 Å². The van der Waals surface area contributed by atoms with Gasteiger partial charge in [0.1, 0.15) is 5.65 Å². The minimum atomic E-state index is -0.0189. The summed E-state index contributed by atoms with van der Waals surface area (Å²) in [5.41, 5.74) is 2.97. The topological polar surface area (TPSA) is 59.3 Å². The van der Waals surface area contributed by atoms with E-state index in [2.05, 4.69) is 15.3 Å². The molecule has 0 saturated carbocycles. The summed E-state index contributed by atoms with van der Waals surface area (Å²) in [6.07, 6.45) is 4.82. The lowest BCUT2D eigenvalue weighted by atomic mass is 10.2. The first-order valence-electron chi connectivity index (χ1n) is 6.78. The summed E-state index contributed by atoms with van der Waals surface area (Å²) in [6, 6.07) is 5.90. The van der Waals surface area contributed by atoms with Crippen LogP contribution >= 0.6 is 11.3 Å². The Labute approximate surface area is 126 Å². The van der Waals surface area contributed by atoms with Crippen LogP contribution in [0.1, 0.15) is 22.7 Å². The van der Waals surface area contributed by atoms with Gasteiger partial charge in [-0.2, -0.15) is 0 Å². The zero-order chi connectivity index (χ0) is 14.8. The van der Waals surface area contributed by atoms with Crippen LogP contribution in [0.25, 0.3) is 5.65 Å². The van der Waals surface area contributed by atoms with E-state index >= 15 is 0 Å². The summed E-state index contributed by atoms with van der Waals surface area (Å²) >= 11 is 1.48. The van der Waals surface area contributed by atoms with Crippen LogP contribution in [-0.4, -0.2) is 20.3 Å². The Hall–Kier alpha value is -2.21. The first-order valence-corrected chi connectivity index (χ1v) is 7.60. The van der Waals surface area contributed by atoms with Crippen LogP contribution in [0.4, 0.5) is 5.13 Å². The lowest BCUT2D eigenvalue weighted by molar-refractivity contribution is -0.116. The van der Waals surface area contributed by atoms with Gasteiger partial charge in [-0.1, -0.05) is 6.07 Å². The highest BCUT2D eigenvalue weighted by Gasteiger charge is 2.11. The highest BCUT2D eigenvalue weighted by atomic mass is 32.1. The molecule has 0 unspecified atom stereocenters. The summed E-state index contributed by atoms with van der Waals surface area (Å²) < 4.78 is 2.04. The van der Waals surface area contributed by atoms with Crippen LogP contribution < -0.4 is 5.32 Å². The number of carbonyl (C=O) groups is 1. The van der Waals surface area contributed by atoms with Gasteiger partial charge < -0.3 is 9.72 Å². The van der Waals surface area contributed by atoms with Gasteiger partial charge in [-0.15, -0.1) is 11.3 Å². The quantitative estimate of drug-likeness (QED) is 0.806.